The zero-order valence-corrected chi connectivity index (χ0v) is 10.3. The fourth-order valence-corrected chi connectivity index (χ4v) is 2.49. The van der Waals surface area contributed by atoms with Crippen molar-refractivity contribution in [1.82, 2.24) is 4.90 Å². The number of thioether (sulfide) groups is 1. The van der Waals surface area contributed by atoms with Gasteiger partial charge in [-0.05, 0) is 44.5 Å². The molecule has 0 aromatic rings. The van der Waals surface area contributed by atoms with Gasteiger partial charge in [0.1, 0.15) is 0 Å². The van der Waals surface area contributed by atoms with Gasteiger partial charge in [-0.1, -0.05) is 0 Å². The number of likely N-dealkylation sites (tertiary alicyclic amines) is 1. The van der Waals surface area contributed by atoms with Crippen molar-refractivity contribution in [3.05, 3.63) is 0 Å². The fraction of sp³-hybridized carbons (Fsp3) is 0.909. The monoisotopic (exact) mass is 231 g/mol. The quantitative estimate of drug-likeness (QED) is 0.758. The van der Waals surface area contributed by atoms with Crippen LogP contribution < -0.4 is 0 Å². The Labute approximate surface area is 96.2 Å². The molecule has 0 aliphatic carbocycles. The summed E-state index contributed by atoms with van der Waals surface area (Å²) < 4.78 is 0. The van der Waals surface area contributed by atoms with Crippen LogP contribution in [0.3, 0.4) is 0 Å². The number of hydrogen-bond donors (Lipinski definition) is 1. The van der Waals surface area contributed by atoms with E-state index in [0.717, 1.165) is 19.5 Å². The Balaban J connectivity index is 2.09. The zero-order chi connectivity index (χ0) is 11.1. The largest absolute Gasteiger partial charge is 0.481 e. The van der Waals surface area contributed by atoms with Gasteiger partial charge >= 0.3 is 5.97 Å². The first-order valence-electron chi connectivity index (χ1n) is 5.65. The summed E-state index contributed by atoms with van der Waals surface area (Å²) >= 11 is 1.89. The van der Waals surface area contributed by atoms with Gasteiger partial charge in [0.25, 0.3) is 0 Å². The number of piperidine rings is 1. The summed E-state index contributed by atoms with van der Waals surface area (Å²) in [5, 5.41) is 8.60. The highest BCUT2D eigenvalue weighted by Crippen LogP contribution is 2.21. The van der Waals surface area contributed by atoms with Crippen molar-refractivity contribution in [2.45, 2.75) is 25.7 Å². The molecule has 0 spiro atoms. The lowest BCUT2D eigenvalue weighted by atomic mass is 9.92. The number of nitrogens with zero attached hydrogens (tertiary/aromatic N) is 1. The summed E-state index contributed by atoms with van der Waals surface area (Å²) in [5.74, 6) is 1.20. The van der Waals surface area contributed by atoms with E-state index in [9.17, 15) is 4.79 Å². The van der Waals surface area contributed by atoms with Crippen molar-refractivity contribution < 1.29 is 9.90 Å². The van der Waals surface area contributed by atoms with E-state index in [-0.39, 0.29) is 0 Å². The second-order valence-corrected chi connectivity index (χ2v) is 5.20. The molecule has 1 aliphatic heterocycles. The first kappa shape index (κ1) is 12.8. The lowest BCUT2D eigenvalue weighted by Crippen LogP contribution is -2.35. The summed E-state index contributed by atoms with van der Waals surface area (Å²) in [6.07, 6.45) is 5.71. The first-order valence-corrected chi connectivity index (χ1v) is 7.05. The van der Waals surface area contributed by atoms with Crippen LogP contribution in [0.2, 0.25) is 0 Å². The third kappa shape index (κ3) is 5.42. The van der Waals surface area contributed by atoms with Crippen molar-refractivity contribution in [3.8, 4) is 0 Å². The third-order valence-corrected chi connectivity index (χ3v) is 3.68. The number of carboxylic acid groups (broad SMARTS) is 1. The standard InChI is InChI=1S/C11H21NO2S/c1-15-9-8-12-6-4-10(5-7-12)2-3-11(13)14/h10H,2-9H2,1H3,(H,13,14). The van der Waals surface area contributed by atoms with Crippen LogP contribution in [-0.4, -0.2) is 47.6 Å². The van der Waals surface area contributed by atoms with Gasteiger partial charge < -0.3 is 10.0 Å². The van der Waals surface area contributed by atoms with Crippen LogP contribution in [0.15, 0.2) is 0 Å². The fourth-order valence-electron chi connectivity index (χ4n) is 2.05. The van der Waals surface area contributed by atoms with E-state index in [0.29, 0.717) is 12.3 Å². The van der Waals surface area contributed by atoms with E-state index in [4.69, 9.17) is 5.11 Å². The van der Waals surface area contributed by atoms with Crippen LogP contribution in [0.25, 0.3) is 0 Å². The molecule has 0 saturated carbocycles. The lowest BCUT2D eigenvalue weighted by molar-refractivity contribution is -0.137. The molecular formula is C11H21NO2S. The number of hydrogen-bond acceptors (Lipinski definition) is 3. The summed E-state index contributed by atoms with van der Waals surface area (Å²) in [6.45, 7) is 3.50. The molecule has 1 N–H and O–H groups in total. The van der Waals surface area contributed by atoms with Crippen LogP contribution in [0, 0.1) is 5.92 Å². The second-order valence-electron chi connectivity index (χ2n) is 4.21. The molecule has 1 heterocycles. The minimum Gasteiger partial charge on any atom is -0.481 e. The van der Waals surface area contributed by atoms with Crippen LogP contribution in [0.1, 0.15) is 25.7 Å². The molecule has 1 fully saturated rings. The second kappa shape index (κ2) is 7.12. The van der Waals surface area contributed by atoms with Crippen LogP contribution in [0.5, 0.6) is 0 Å². The summed E-state index contributed by atoms with van der Waals surface area (Å²) in [7, 11) is 0. The molecule has 1 rings (SSSR count). The van der Waals surface area contributed by atoms with Crippen molar-refractivity contribution >= 4 is 17.7 Å². The van der Waals surface area contributed by atoms with Gasteiger partial charge in [0.2, 0.25) is 0 Å². The van der Waals surface area contributed by atoms with E-state index in [1.807, 2.05) is 11.8 Å². The van der Waals surface area contributed by atoms with Gasteiger partial charge in [-0.15, -0.1) is 0 Å². The maximum absolute atomic E-state index is 10.4. The van der Waals surface area contributed by atoms with Crippen LogP contribution in [0.4, 0.5) is 0 Å². The lowest BCUT2D eigenvalue weighted by Gasteiger charge is -2.31. The van der Waals surface area contributed by atoms with E-state index in [2.05, 4.69) is 11.2 Å². The Bertz CT molecular complexity index is 191. The average molecular weight is 231 g/mol. The van der Waals surface area contributed by atoms with Crippen molar-refractivity contribution in [3.63, 3.8) is 0 Å². The molecule has 88 valence electrons. The molecule has 0 unspecified atom stereocenters. The predicted octanol–water partition coefficient (Wildman–Crippen LogP) is 1.93. The van der Waals surface area contributed by atoms with Gasteiger partial charge in [-0.3, -0.25) is 4.79 Å². The summed E-state index contributed by atoms with van der Waals surface area (Å²) in [6, 6.07) is 0. The molecule has 1 saturated heterocycles. The topological polar surface area (TPSA) is 40.5 Å². The molecule has 4 heteroatoms. The molecule has 0 amide bonds. The number of rotatable bonds is 6. The van der Waals surface area contributed by atoms with E-state index in [1.54, 1.807) is 0 Å². The predicted molar refractivity (Wildman–Crippen MR) is 64.4 cm³/mol. The number of carbonyl (C=O) groups is 1. The molecule has 15 heavy (non-hydrogen) atoms. The normalized spacial score (nSPS) is 19.3. The van der Waals surface area contributed by atoms with E-state index < -0.39 is 5.97 Å². The Morgan fingerprint density at radius 1 is 1.47 bits per heavy atom. The van der Waals surface area contributed by atoms with Crippen molar-refractivity contribution in [2.24, 2.45) is 5.92 Å². The molecule has 3 nitrogen and oxygen atoms in total. The Hall–Kier alpha value is -0.220. The van der Waals surface area contributed by atoms with E-state index in [1.165, 1.54) is 25.1 Å². The van der Waals surface area contributed by atoms with Crippen LogP contribution in [-0.2, 0) is 4.79 Å². The summed E-state index contributed by atoms with van der Waals surface area (Å²) in [5.41, 5.74) is 0. The minimum absolute atomic E-state index is 0.343. The highest BCUT2D eigenvalue weighted by Gasteiger charge is 2.19. The first-order chi connectivity index (χ1) is 7.22. The Morgan fingerprint density at radius 3 is 2.67 bits per heavy atom. The maximum Gasteiger partial charge on any atom is 0.303 e. The molecule has 0 aromatic carbocycles. The van der Waals surface area contributed by atoms with Crippen molar-refractivity contribution in [1.29, 1.82) is 0 Å². The molecule has 1 aliphatic rings. The van der Waals surface area contributed by atoms with Gasteiger partial charge in [-0.2, -0.15) is 11.8 Å². The minimum atomic E-state index is -0.653. The number of carboxylic acids is 1. The third-order valence-electron chi connectivity index (χ3n) is 3.09. The van der Waals surface area contributed by atoms with Crippen LogP contribution >= 0.6 is 11.8 Å². The number of aliphatic carboxylic acids is 1. The molecule has 0 radical (unpaired) electrons. The highest BCUT2D eigenvalue weighted by atomic mass is 32.2. The SMILES string of the molecule is CSCCN1CCC(CCC(=O)O)CC1. The van der Waals surface area contributed by atoms with Gasteiger partial charge in [0.05, 0.1) is 0 Å². The zero-order valence-electron chi connectivity index (χ0n) is 9.45. The molecule has 0 bridgehead atoms. The van der Waals surface area contributed by atoms with Gasteiger partial charge in [0, 0.05) is 18.7 Å². The van der Waals surface area contributed by atoms with Crippen molar-refractivity contribution in [2.75, 3.05) is 31.6 Å². The Morgan fingerprint density at radius 2 is 2.13 bits per heavy atom. The average Bonchev–Trinajstić information content (AvgIpc) is 2.25. The molecule has 0 atom stereocenters. The Kier molecular flexibility index (Phi) is 6.10. The summed E-state index contributed by atoms with van der Waals surface area (Å²) in [4.78, 5) is 12.9. The smallest absolute Gasteiger partial charge is 0.303 e. The molecule has 0 aromatic heterocycles. The molecular weight excluding hydrogens is 210 g/mol. The van der Waals surface area contributed by atoms with Gasteiger partial charge in [0.15, 0.2) is 0 Å². The maximum atomic E-state index is 10.4. The highest BCUT2D eigenvalue weighted by molar-refractivity contribution is 7.98. The van der Waals surface area contributed by atoms with E-state index >= 15 is 0 Å². The van der Waals surface area contributed by atoms with Gasteiger partial charge in [-0.25, -0.2) is 0 Å².